The molecule has 1 N–H and O–H groups in total. The van der Waals surface area contributed by atoms with Crippen molar-refractivity contribution in [2.75, 3.05) is 19.0 Å². The number of methoxy groups -OCH3 is 1. The van der Waals surface area contributed by atoms with Gasteiger partial charge in [-0.3, -0.25) is 14.4 Å². The van der Waals surface area contributed by atoms with Crippen LogP contribution in [0.15, 0.2) is 42.5 Å². The molecule has 0 spiro atoms. The summed E-state index contributed by atoms with van der Waals surface area (Å²) in [7, 11) is 1.51. The van der Waals surface area contributed by atoms with E-state index in [9.17, 15) is 14.4 Å². The van der Waals surface area contributed by atoms with Crippen LogP contribution in [0, 0.1) is 13.8 Å². The standard InChI is InChI=1S/C22H25NO5/c1-15-10-11-16(2)19(12-15)23-21(25)8-5-9-22(26)28-14-20(24)17-6-4-7-18(13-17)27-3/h4,6-7,10-13H,5,8-9,14H2,1-3H3,(H,23,25). The Balaban J connectivity index is 1.71. The molecule has 1 amide bonds. The molecular formula is C22H25NO5. The normalized spacial score (nSPS) is 10.2. The third-order valence-corrected chi connectivity index (χ3v) is 4.21. The number of carbonyl (C=O) groups is 3. The van der Waals surface area contributed by atoms with Gasteiger partial charge in [0.15, 0.2) is 12.4 Å². The SMILES string of the molecule is COc1cccc(C(=O)COC(=O)CCCC(=O)Nc2cc(C)ccc2C)c1. The minimum atomic E-state index is -0.504. The molecule has 0 fully saturated rings. The predicted octanol–water partition coefficient (Wildman–Crippen LogP) is 3.85. The maximum Gasteiger partial charge on any atom is 0.306 e. The van der Waals surface area contributed by atoms with E-state index in [0.29, 0.717) is 17.7 Å². The van der Waals surface area contributed by atoms with Crippen LogP contribution in [-0.2, 0) is 14.3 Å². The summed E-state index contributed by atoms with van der Waals surface area (Å²) < 4.78 is 10.1. The summed E-state index contributed by atoms with van der Waals surface area (Å²) in [4.78, 5) is 35.9. The highest BCUT2D eigenvalue weighted by atomic mass is 16.5. The number of carbonyl (C=O) groups excluding carboxylic acids is 3. The highest BCUT2D eigenvalue weighted by molar-refractivity contribution is 5.98. The van der Waals surface area contributed by atoms with Crippen molar-refractivity contribution in [3.63, 3.8) is 0 Å². The van der Waals surface area contributed by atoms with E-state index in [1.54, 1.807) is 24.3 Å². The average molecular weight is 383 g/mol. The van der Waals surface area contributed by atoms with Crippen LogP contribution in [0.4, 0.5) is 5.69 Å². The summed E-state index contributed by atoms with van der Waals surface area (Å²) in [5.41, 5.74) is 3.23. The minimum absolute atomic E-state index is 0.0750. The van der Waals surface area contributed by atoms with Crippen LogP contribution < -0.4 is 10.1 Å². The molecule has 0 aliphatic rings. The second-order valence-electron chi connectivity index (χ2n) is 6.54. The highest BCUT2D eigenvalue weighted by Crippen LogP contribution is 2.17. The topological polar surface area (TPSA) is 81.7 Å². The molecule has 0 aliphatic carbocycles. The quantitative estimate of drug-likeness (QED) is 0.525. The van der Waals surface area contributed by atoms with Crippen molar-refractivity contribution >= 4 is 23.3 Å². The molecule has 0 atom stereocenters. The lowest BCUT2D eigenvalue weighted by Gasteiger charge is -2.09. The molecule has 148 valence electrons. The largest absolute Gasteiger partial charge is 0.497 e. The Morgan fingerprint density at radius 1 is 1.00 bits per heavy atom. The second-order valence-corrected chi connectivity index (χ2v) is 6.54. The van der Waals surface area contributed by atoms with Gasteiger partial charge in [0.25, 0.3) is 0 Å². The molecule has 2 rings (SSSR count). The fourth-order valence-corrected chi connectivity index (χ4v) is 2.57. The van der Waals surface area contributed by atoms with Crippen molar-refractivity contribution in [3.05, 3.63) is 59.2 Å². The van der Waals surface area contributed by atoms with Crippen LogP contribution in [-0.4, -0.2) is 31.4 Å². The monoisotopic (exact) mass is 383 g/mol. The van der Waals surface area contributed by atoms with Crippen molar-refractivity contribution in [1.82, 2.24) is 0 Å². The molecule has 0 bridgehead atoms. The molecule has 0 aromatic heterocycles. The molecular weight excluding hydrogens is 358 g/mol. The maximum absolute atomic E-state index is 12.1. The van der Waals surface area contributed by atoms with E-state index < -0.39 is 5.97 Å². The molecule has 6 nitrogen and oxygen atoms in total. The number of amides is 1. The molecule has 28 heavy (non-hydrogen) atoms. The lowest BCUT2D eigenvalue weighted by Crippen LogP contribution is -2.16. The first-order valence-corrected chi connectivity index (χ1v) is 9.09. The number of ketones is 1. The number of hydrogen-bond donors (Lipinski definition) is 1. The molecule has 0 heterocycles. The van der Waals surface area contributed by atoms with Gasteiger partial charge in [-0.2, -0.15) is 0 Å². The Labute approximate surface area is 164 Å². The Hall–Kier alpha value is -3.15. The zero-order valence-corrected chi connectivity index (χ0v) is 16.4. The number of benzene rings is 2. The molecule has 0 unspecified atom stereocenters. The van der Waals surface area contributed by atoms with E-state index in [1.165, 1.54) is 7.11 Å². The van der Waals surface area contributed by atoms with Gasteiger partial charge >= 0.3 is 5.97 Å². The molecule has 2 aromatic carbocycles. The molecule has 0 saturated carbocycles. The van der Waals surface area contributed by atoms with Gasteiger partial charge in [-0.05, 0) is 49.6 Å². The van der Waals surface area contributed by atoms with Crippen molar-refractivity contribution in [1.29, 1.82) is 0 Å². The first kappa shape index (κ1) is 21.2. The zero-order chi connectivity index (χ0) is 20.5. The van der Waals surface area contributed by atoms with Crippen LogP contribution in [0.25, 0.3) is 0 Å². The third-order valence-electron chi connectivity index (χ3n) is 4.21. The first-order valence-electron chi connectivity index (χ1n) is 9.09. The maximum atomic E-state index is 12.1. The van der Waals surface area contributed by atoms with Crippen molar-refractivity contribution in [3.8, 4) is 5.75 Å². The van der Waals surface area contributed by atoms with Gasteiger partial charge in [-0.25, -0.2) is 0 Å². The number of esters is 1. The zero-order valence-electron chi connectivity index (χ0n) is 16.4. The van der Waals surface area contributed by atoms with Gasteiger partial charge in [0.05, 0.1) is 7.11 Å². The predicted molar refractivity (Wildman–Crippen MR) is 107 cm³/mol. The first-order chi connectivity index (χ1) is 13.4. The fourth-order valence-electron chi connectivity index (χ4n) is 2.57. The average Bonchev–Trinajstić information content (AvgIpc) is 2.69. The third kappa shape index (κ3) is 6.54. The van der Waals surface area contributed by atoms with Crippen LogP contribution in [0.2, 0.25) is 0 Å². The minimum Gasteiger partial charge on any atom is -0.497 e. The summed E-state index contributed by atoms with van der Waals surface area (Å²) in [5.74, 6) is -0.406. The van der Waals surface area contributed by atoms with E-state index in [0.717, 1.165) is 16.8 Å². The number of hydrogen-bond acceptors (Lipinski definition) is 5. The van der Waals surface area contributed by atoms with Crippen LogP contribution >= 0.6 is 0 Å². The number of Topliss-reactive ketones (excluding diaryl/α,β-unsaturated/α-hetero) is 1. The van der Waals surface area contributed by atoms with Crippen LogP contribution in [0.1, 0.15) is 40.7 Å². The van der Waals surface area contributed by atoms with Gasteiger partial charge in [-0.1, -0.05) is 24.3 Å². The molecule has 0 saturated heterocycles. The van der Waals surface area contributed by atoms with Crippen molar-refractivity contribution in [2.45, 2.75) is 33.1 Å². The van der Waals surface area contributed by atoms with Crippen LogP contribution in [0.3, 0.4) is 0 Å². The number of rotatable bonds is 9. The van der Waals surface area contributed by atoms with E-state index in [1.807, 2.05) is 32.0 Å². The number of ether oxygens (including phenoxy) is 2. The fraction of sp³-hybridized carbons (Fsp3) is 0.318. The van der Waals surface area contributed by atoms with E-state index >= 15 is 0 Å². The van der Waals surface area contributed by atoms with E-state index in [4.69, 9.17) is 9.47 Å². The number of nitrogens with one attached hydrogen (secondary N) is 1. The van der Waals surface area contributed by atoms with Gasteiger partial charge in [0.1, 0.15) is 5.75 Å². The van der Waals surface area contributed by atoms with Gasteiger partial charge in [0.2, 0.25) is 5.91 Å². The summed E-state index contributed by atoms with van der Waals surface area (Å²) in [6.45, 7) is 3.55. The molecule has 6 heteroatoms. The Bertz CT molecular complexity index is 860. The molecule has 0 radical (unpaired) electrons. The number of aryl methyl sites for hydroxylation is 2. The van der Waals surface area contributed by atoms with E-state index in [-0.39, 0.29) is 31.1 Å². The van der Waals surface area contributed by atoms with Crippen LogP contribution in [0.5, 0.6) is 5.75 Å². The second kappa shape index (κ2) is 10.3. The van der Waals surface area contributed by atoms with Gasteiger partial charge < -0.3 is 14.8 Å². The van der Waals surface area contributed by atoms with Gasteiger partial charge in [0, 0.05) is 24.1 Å². The smallest absolute Gasteiger partial charge is 0.306 e. The Kier molecular flexibility index (Phi) is 7.75. The summed E-state index contributed by atoms with van der Waals surface area (Å²) >= 11 is 0. The van der Waals surface area contributed by atoms with Crippen molar-refractivity contribution in [2.24, 2.45) is 0 Å². The molecule has 0 aliphatic heterocycles. The Morgan fingerprint density at radius 3 is 2.54 bits per heavy atom. The Morgan fingerprint density at radius 2 is 1.79 bits per heavy atom. The lowest BCUT2D eigenvalue weighted by atomic mass is 10.1. The summed E-state index contributed by atoms with van der Waals surface area (Å²) in [6, 6.07) is 12.5. The molecule has 2 aromatic rings. The number of anilines is 1. The summed E-state index contributed by atoms with van der Waals surface area (Å²) in [5, 5.41) is 2.85. The van der Waals surface area contributed by atoms with Gasteiger partial charge in [-0.15, -0.1) is 0 Å². The van der Waals surface area contributed by atoms with E-state index in [2.05, 4.69) is 5.32 Å². The summed E-state index contributed by atoms with van der Waals surface area (Å²) in [6.07, 6.45) is 0.626. The lowest BCUT2D eigenvalue weighted by molar-refractivity contribution is -0.142. The highest BCUT2D eigenvalue weighted by Gasteiger charge is 2.12. The van der Waals surface area contributed by atoms with Crippen molar-refractivity contribution < 1.29 is 23.9 Å².